The number of aromatic amines is 1. The van der Waals surface area contributed by atoms with Crippen molar-refractivity contribution in [1.82, 2.24) is 14.3 Å². The predicted molar refractivity (Wildman–Crippen MR) is 116 cm³/mol. The molecule has 0 fully saturated rings. The zero-order chi connectivity index (χ0) is 22.6. The van der Waals surface area contributed by atoms with Crippen LogP contribution in [0.15, 0.2) is 28.3 Å². The van der Waals surface area contributed by atoms with Gasteiger partial charge in [-0.25, -0.2) is 18.2 Å². The molecule has 164 valence electrons. The minimum absolute atomic E-state index is 0.119. The standard InChI is InChI=1S/C20H27N3O5S2/c1-7-23(8-2)30(26,27)15-9-10-16(21-11-15)29-14(5)19(24)18-12(3)17(13(4)22-18)20(25)28-6/h9-11,14,22H,7-8H2,1-6H3. The van der Waals surface area contributed by atoms with Crippen LogP contribution in [0.5, 0.6) is 0 Å². The molecule has 30 heavy (non-hydrogen) atoms. The number of nitrogens with one attached hydrogen (secondary N) is 1. The van der Waals surface area contributed by atoms with Crippen LogP contribution >= 0.6 is 11.8 Å². The number of hydrogen-bond acceptors (Lipinski definition) is 7. The van der Waals surface area contributed by atoms with Gasteiger partial charge < -0.3 is 9.72 Å². The number of ketones is 1. The number of aryl methyl sites for hydroxylation is 1. The van der Waals surface area contributed by atoms with E-state index in [2.05, 4.69) is 9.97 Å². The first-order chi connectivity index (χ1) is 14.1. The lowest BCUT2D eigenvalue weighted by Crippen LogP contribution is -2.30. The average molecular weight is 454 g/mol. The van der Waals surface area contributed by atoms with Gasteiger partial charge in [0.25, 0.3) is 0 Å². The molecule has 0 aliphatic rings. The van der Waals surface area contributed by atoms with Crippen LogP contribution in [-0.2, 0) is 14.8 Å². The number of ether oxygens (including phenoxy) is 1. The lowest BCUT2D eigenvalue weighted by atomic mass is 10.1. The van der Waals surface area contributed by atoms with Gasteiger partial charge in [-0.1, -0.05) is 25.6 Å². The minimum atomic E-state index is -3.58. The Morgan fingerprint density at radius 1 is 1.23 bits per heavy atom. The predicted octanol–water partition coefficient (Wildman–Crippen LogP) is 3.21. The zero-order valence-corrected chi connectivity index (χ0v) is 19.6. The van der Waals surface area contributed by atoms with Gasteiger partial charge >= 0.3 is 5.97 Å². The first kappa shape index (κ1) is 24.1. The van der Waals surface area contributed by atoms with E-state index in [9.17, 15) is 18.0 Å². The molecule has 1 unspecified atom stereocenters. The molecule has 8 nitrogen and oxygen atoms in total. The van der Waals surface area contributed by atoms with Gasteiger partial charge in [0.15, 0.2) is 5.78 Å². The zero-order valence-electron chi connectivity index (χ0n) is 18.0. The Morgan fingerprint density at radius 2 is 1.87 bits per heavy atom. The number of nitrogens with zero attached hydrogens (tertiary/aromatic N) is 2. The molecular weight excluding hydrogens is 426 g/mol. The van der Waals surface area contributed by atoms with E-state index in [0.29, 0.717) is 40.6 Å². The summed E-state index contributed by atoms with van der Waals surface area (Å²) in [7, 11) is -2.28. The number of H-pyrrole nitrogens is 1. The fourth-order valence-electron chi connectivity index (χ4n) is 3.14. The van der Waals surface area contributed by atoms with E-state index in [0.717, 1.165) is 0 Å². The van der Waals surface area contributed by atoms with Gasteiger partial charge in [0.1, 0.15) is 4.90 Å². The molecule has 0 spiro atoms. The third kappa shape index (κ3) is 4.76. The van der Waals surface area contributed by atoms with Crippen LogP contribution in [0.3, 0.4) is 0 Å². The fourth-order valence-corrected chi connectivity index (χ4v) is 5.40. The molecule has 2 rings (SSSR count). The largest absolute Gasteiger partial charge is 0.465 e. The van der Waals surface area contributed by atoms with E-state index >= 15 is 0 Å². The number of carbonyl (C=O) groups is 2. The summed E-state index contributed by atoms with van der Waals surface area (Å²) < 4.78 is 31.3. The van der Waals surface area contributed by atoms with Crippen molar-refractivity contribution >= 4 is 33.5 Å². The number of esters is 1. The maximum Gasteiger partial charge on any atom is 0.339 e. The van der Waals surface area contributed by atoms with E-state index < -0.39 is 21.2 Å². The molecule has 2 aromatic heterocycles. The number of thioether (sulfide) groups is 1. The van der Waals surface area contributed by atoms with Gasteiger partial charge in [-0.05, 0) is 38.5 Å². The Balaban J connectivity index is 2.20. The minimum Gasteiger partial charge on any atom is -0.465 e. The Hall–Kier alpha value is -2.17. The Kier molecular flexibility index (Phi) is 7.84. The third-order valence-electron chi connectivity index (χ3n) is 4.79. The highest BCUT2D eigenvalue weighted by Gasteiger charge is 2.27. The van der Waals surface area contributed by atoms with Gasteiger partial charge in [0.2, 0.25) is 10.0 Å². The van der Waals surface area contributed by atoms with Crippen molar-refractivity contribution < 1.29 is 22.7 Å². The number of aromatic nitrogens is 2. The van der Waals surface area contributed by atoms with E-state index in [1.807, 2.05) is 0 Å². The summed E-state index contributed by atoms with van der Waals surface area (Å²) in [6.07, 6.45) is 1.31. The highest BCUT2D eigenvalue weighted by atomic mass is 32.2. The lowest BCUT2D eigenvalue weighted by Gasteiger charge is -2.18. The van der Waals surface area contributed by atoms with Crippen molar-refractivity contribution in [2.75, 3.05) is 20.2 Å². The van der Waals surface area contributed by atoms with E-state index in [1.54, 1.807) is 40.7 Å². The van der Waals surface area contributed by atoms with Crippen molar-refractivity contribution in [3.63, 3.8) is 0 Å². The first-order valence-electron chi connectivity index (χ1n) is 9.52. The quantitative estimate of drug-likeness (QED) is 0.353. The monoisotopic (exact) mass is 453 g/mol. The van der Waals surface area contributed by atoms with Crippen LogP contribution in [0.25, 0.3) is 0 Å². The van der Waals surface area contributed by atoms with Gasteiger partial charge in [0.05, 0.1) is 28.6 Å². The molecule has 0 aliphatic heterocycles. The van der Waals surface area contributed by atoms with E-state index in [4.69, 9.17) is 4.74 Å². The molecule has 0 aromatic carbocycles. The van der Waals surface area contributed by atoms with Gasteiger partial charge in [-0.3, -0.25) is 4.79 Å². The SMILES string of the molecule is CCN(CC)S(=O)(=O)c1ccc(SC(C)C(=O)c2[nH]c(C)c(C(=O)OC)c2C)nc1. The maximum absolute atomic E-state index is 12.9. The number of pyridine rings is 1. The molecule has 2 aromatic rings. The topological polar surface area (TPSA) is 109 Å². The molecule has 10 heteroatoms. The number of Topliss-reactive ketones (excluding diaryl/α,β-unsaturated/α-hetero) is 1. The average Bonchev–Trinajstić information content (AvgIpc) is 3.01. The Bertz CT molecular complexity index is 1030. The lowest BCUT2D eigenvalue weighted by molar-refractivity contribution is 0.0599. The number of carbonyl (C=O) groups excluding carboxylic acids is 2. The molecule has 1 atom stereocenters. The molecule has 1 N–H and O–H groups in total. The third-order valence-corrected chi connectivity index (χ3v) is 7.88. The van der Waals surface area contributed by atoms with Crippen LogP contribution in [0.1, 0.15) is 52.9 Å². The number of hydrogen-bond donors (Lipinski definition) is 1. The second kappa shape index (κ2) is 9.76. The van der Waals surface area contributed by atoms with Crippen LogP contribution in [0.4, 0.5) is 0 Å². The normalized spacial score (nSPS) is 12.8. The molecule has 0 saturated heterocycles. The summed E-state index contributed by atoms with van der Waals surface area (Å²) in [5.41, 5.74) is 1.84. The summed E-state index contributed by atoms with van der Waals surface area (Å²) in [5.74, 6) is -0.676. The molecular formula is C20H27N3O5S2. The van der Waals surface area contributed by atoms with E-state index in [-0.39, 0.29) is 10.7 Å². The maximum atomic E-state index is 12.9. The summed E-state index contributed by atoms with van der Waals surface area (Å²) >= 11 is 1.22. The second-order valence-electron chi connectivity index (χ2n) is 6.66. The molecule has 0 saturated carbocycles. The van der Waals surface area contributed by atoms with Crippen LogP contribution in [0, 0.1) is 13.8 Å². The molecule has 2 heterocycles. The summed E-state index contributed by atoms with van der Waals surface area (Å²) in [4.78, 5) is 32.2. The van der Waals surface area contributed by atoms with Crippen LogP contribution in [0.2, 0.25) is 0 Å². The van der Waals surface area contributed by atoms with Crippen molar-refractivity contribution in [3.8, 4) is 0 Å². The first-order valence-corrected chi connectivity index (χ1v) is 11.8. The van der Waals surface area contributed by atoms with Crippen LogP contribution in [-0.4, -0.2) is 59.9 Å². The smallest absolute Gasteiger partial charge is 0.339 e. The van der Waals surface area contributed by atoms with E-state index in [1.165, 1.54) is 35.4 Å². The van der Waals surface area contributed by atoms with Gasteiger partial charge in [0, 0.05) is 25.0 Å². The molecule has 0 bridgehead atoms. The number of sulfonamides is 1. The molecule has 0 amide bonds. The second-order valence-corrected chi connectivity index (χ2v) is 9.96. The number of rotatable bonds is 9. The Morgan fingerprint density at radius 3 is 2.37 bits per heavy atom. The summed E-state index contributed by atoms with van der Waals surface area (Å²) in [5, 5.41) is 0.0356. The number of methoxy groups -OCH3 is 1. The Labute approximate surface area is 181 Å². The van der Waals surface area contributed by atoms with Gasteiger partial charge in [-0.15, -0.1) is 0 Å². The highest BCUT2D eigenvalue weighted by molar-refractivity contribution is 8.00. The summed E-state index contributed by atoms with van der Waals surface area (Å²) in [6.45, 7) is 9.47. The van der Waals surface area contributed by atoms with Crippen molar-refractivity contribution in [2.24, 2.45) is 0 Å². The van der Waals surface area contributed by atoms with Crippen molar-refractivity contribution in [1.29, 1.82) is 0 Å². The molecule has 0 radical (unpaired) electrons. The van der Waals surface area contributed by atoms with Crippen molar-refractivity contribution in [3.05, 3.63) is 40.8 Å². The van der Waals surface area contributed by atoms with Crippen LogP contribution < -0.4 is 0 Å². The molecule has 0 aliphatic carbocycles. The summed E-state index contributed by atoms with van der Waals surface area (Å²) in [6, 6.07) is 3.09. The van der Waals surface area contributed by atoms with Gasteiger partial charge in [-0.2, -0.15) is 4.31 Å². The highest BCUT2D eigenvalue weighted by Crippen LogP contribution is 2.28. The fraction of sp³-hybridized carbons (Fsp3) is 0.450. The van der Waals surface area contributed by atoms with Crippen molar-refractivity contribution in [2.45, 2.75) is 49.8 Å².